The molecular formula is C29H29F9N2O5. The lowest BCUT2D eigenvalue weighted by molar-refractivity contribution is -0.143. The number of hydrogen-bond donors (Lipinski definition) is 0. The molecule has 0 radical (unpaired) electrons. The van der Waals surface area contributed by atoms with Crippen molar-refractivity contribution in [3.05, 3.63) is 58.1 Å². The van der Waals surface area contributed by atoms with E-state index < -0.39 is 83.5 Å². The van der Waals surface area contributed by atoms with Crippen LogP contribution < -0.4 is 9.64 Å². The molecule has 0 spiro atoms. The zero-order valence-electron chi connectivity index (χ0n) is 24.4. The third-order valence-corrected chi connectivity index (χ3v) is 7.55. The molecule has 4 rings (SSSR count). The number of methoxy groups -OCH3 is 2. The van der Waals surface area contributed by atoms with Crippen molar-refractivity contribution >= 4 is 17.9 Å². The summed E-state index contributed by atoms with van der Waals surface area (Å²) in [4.78, 5) is 28.4. The van der Waals surface area contributed by atoms with Crippen molar-refractivity contribution < 1.29 is 63.3 Å². The molecule has 2 aromatic rings. The Morgan fingerprint density at radius 1 is 0.889 bits per heavy atom. The van der Waals surface area contributed by atoms with Gasteiger partial charge in [0.05, 0.1) is 48.7 Å². The highest BCUT2D eigenvalue weighted by molar-refractivity contribution is 5.91. The number of alkyl halides is 9. The third kappa shape index (κ3) is 7.35. The molecule has 2 aromatic carbocycles. The zero-order valence-corrected chi connectivity index (χ0v) is 24.4. The van der Waals surface area contributed by atoms with E-state index in [0.717, 1.165) is 25.2 Å². The summed E-state index contributed by atoms with van der Waals surface area (Å²) >= 11 is 0. The summed E-state index contributed by atoms with van der Waals surface area (Å²) in [5, 5.41) is 0. The second-order valence-electron chi connectivity index (χ2n) is 11.1. The number of nitrogens with zero attached hydrogens (tertiary/aromatic N) is 2. The molecule has 0 saturated heterocycles. The lowest BCUT2D eigenvalue weighted by Crippen LogP contribution is -2.50. The fourth-order valence-electron chi connectivity index (χ4n) is 5.49. The van der Waals surface area contributed by atoms with E-state index in [1.54, 1.807) is 13.8 Å². The molecular weight excluding hydrogens is 627 g/mol. The van der Waals surface area contributed by atoms with E-state index in [-0.39, 0.29) is 29.7 Å². The summed E-state index contributed by atoms with van der Waals surface area (Å²) in [6.07, 6.45) is -17.1. The summed E-state index contributed by atoms with van der Waals surface area (Å²) in [5.74, 6) is -0.838. The van der Waals surface area contributed by atoms with Crippen LogP contribution in [0.25, 0.3) is 0 Å². The van der Waals surface area contributed by atoms with Gasteiger partial charge in [-0.2, -0.15) is 39.5 Å². The number of carbonyl (C=O) groups is 2. The molecule has 1 saturated carbocycles. The Morgan fingerprint density at radius 3 is 1.91 bits per heavy atom. The van der Waals surface area contributed by atoms with Crippen LogP contribution in [-0.4, -0.2) is 43.5 Å². The maximum atomic E-state index is 14.2. The standard InChI is InChI=1S/C29H29F9N2O5/c1-14(2)45-26(42)40-21(16-5-6-16)11-22(19-10-20(29(36,37)38)24(43-3)12-23(19)40)39(25(41)44-4)13-15-7-17(27(30,31)32)9-18(8-15)28(33,34)35/h7-10,12,14,16,21-22H,5-6,11,13H2,1-4H3/t21-,22-/m1/s1. The Morgan fingerprint density at radius 2 is 1.47 bits per heavy atom. The van der Waals surface area contributed by atoms with E-state index in [9.17, 15) is 49.1 Å². The number of rotatable bonds is 6. The Balaban J connectivity index is 1.94. The number of benzene rings is 2. The second kappa shape index (κ2) is 12.2. The molecule has 0 N–H and O–H groups in total. The van der Waals surface area contributed by atoms with Crippen molar-refractivity contribution in [2.75, 3.05) is 19.1 Å². The average Bonchev–Trinajstić information content (AvgIpc) is 3.77. The Bertz CT molecular complexity index is 1400. The highest BCUT2D eigenvalue weighted by Gasteiger charge is 2.49. The van der Waals surface area contributed by atoms with Gasteiger partial charge in [0.2, 0.25) is 0 Å². The molecule has 1 fully saturated rings. The summed E-state index contributed by atoms with van der Waals surface area (Å²) in [6, 6.07) is 0.254. The number of anilines is 1. The van der Waals surface area contributed by atoms with Gasteiger partial charge in [-0.25, -0.2) is 9.59 Å². The number of halogens is 9. The number of amides is 2. The number of fused-ring (bicyclic) bond motifs is 1. The third-order valence-electron chi connectivity index (χ3n) is 7.55. The maximum absolute atomic E-state index is 14.2. The first-order valence-corrected chi connectivity index (χ1v) is 13.7. The van der Waals surface area contributed by atoms with Crippen LogP contribution in [0.4, 0.5) is 54.8 Å². The molecule has 1 aliphatic heterocycles. The summed E-state index contributed by atoms with van der Waals surface area (Å²) < 4.78 is 139. The Labute approximate surface area is 251 Å². The first kappa shape index (κ1) is 34.0. The van der Waals surface area contributed by atoms with Crippen LogP contribution in [-0.2, 0) is 34.5 Å². The van der Waals surface area contributed by atoms with Crippen LogP contribution in [0.3, 0.4) is 0 Å². The first-order valence-electron chi connectivity index (χ1n) is 13.7. The summed E-state index contributed by atoms with van der Waals surface area (Å²) in [6.45, 7) is 2.23. The van der Waals surface area contributed by atoms with E-state index in [1.807, 2.05) is 0 Å². The minimum absolute atomic E-state index is 0.0783. The van der Waals surface area contributed by atoms with Gasteiger partial charge in [-0.1, -0.05) is 0 Å². The quantitative estimate of drug-likeness (QED) is 0.292. The summed E-state index contributed by atoms with van der Waals surface area (Å²) in [5.41, 5.74) is -5.52. The largest absolute Gasteiger partial charge is 0.496 e. The lowest BCUT2D eigenvalue weighted by Gasteiger charge is -2.44. The predicted octanol–water partition coefficient (Wildman–Crippen LogP) is 8.60. The predicted molar refractivity (Wildman–Crippen MR) is 140 cm³/mol. The molecule has 2 atom stereocenters. The van der Waals surface area contributed by atoms with Crippen molar-refractivity contribution in [2.24, 2.45) is 5.92 Å². The van der Waals surface area contributed by atoms with Crippen molar-refractivity contribution in [1.82, 2.24) is 4.90 Å². The van der Waals surface area contributed by atoms with Crippen LogP contribution in [0, 0.1) is 5.92 Å². The minimum Gasteiger partial charge on any atom is -0.496 e. The zero-order chi connectivity index (χ0) is 33.6. The van der Waals surface area contributed by atoms with Gasteiger partial charge in [0.25, 0.3) is 0 Å². The fraction of sp³-hybridized carbons (Fsp3) is 0.517. The van der Waals surface area contributed by atoms with Gasteiger partial charge in [-0.05, 0) is 74.4 Å². The maximum Gasteiger partial charge on any atom is 0.419 e. The molecule has 2 aliphatic rings. The molecule has 1 aliphatic carbocycles. The van der Waals surface area contributed by atoms with Crippen LogP contribution in [0.5, 0.6) is 5.75 Å². The van der Waals surface area contributed by atoms with Crippen molar-refractivity contribution in [3.8, 4) is 5.75 Å². The molecule has 248 valence electrons. The molecule has 45 heavy (non-hydrogen) atoms. The lowest BCUT2D eigenvalue weighted by atomic mass is 9.86. The van der Waals surface area contributed by atoms with Gasteiger partial charge < -0.3 is 14.2 Å². The molecule has 16 heteroatoms. The van der Waals surface area contributed by atoms with E-state index in [0.29, 0.717) is 31.0 Å². The molecule has 1 heterocycles. The van der Waals surface area contributed by atoms with Gasteiger partial charge in [-0.15, -0.1) is 0 Å². The fourth-order valence-corrected chi connectivity index (χ4v) is 5.49. The molecule has 0 aromatic heterocycles. The monoisotopic (exact) mass is 656 g/mol. The average molecular weight is 657 g/mol. The first-order chi connectivity index (χ1) is 20.8. The van der Waals surface area contributed by atoms with Gasteiger partial charge in [0, 0.05) is 18.7 Å². The van der Waals surface area contributed by atoms with E-state index >= 15 is 0 Å². The normalized spacial score (nSPS) is 18.8. The van der Waals surface area contributed by atoms with Crippen molar-refractivity contribution in [3.63, 3.8) is 0 Å². The number of carbonyl (C=O) groups excluding carboxylic acids is 2. The Hall–Kier alpha value is -3.85. The molecule has 2 amide bonds. The number of ether oxygens (including phenoxy) is 3. The second-order valence-corrected chi connectivity index (χ2v) is 11.1. The molecule has 7 nitrogen and oxygen atoms in total. The van der Waals surface area contributed by atoms with Gasteiger partial charge in [0.1, 0.15) is 5.75 Å². The summed E-state index contributed by atoms with van der Waals surface area (Å²) in [7, 11) is 1.89. The highest BCUT2D eigenvalue weighted by Crippen LogP contribution is 2.52. The smallest absolute Gasteiger partial charge is 0.419 e. The van der Waals surface area contributed by atoms with Crippen LogP contribution >= 0.6 is 0 Å². The van der Waals surface area contributed by atoms with E-state index in [4.69, 9.17) is 14.2 Å². The minimum atomic E-state index is -5.18. The highest BCUT2D eigenvalue weighted by atomic mass is 19.4. The van der Waals surface area contributed by atoms with E-state index in [1.165, 1.54) is 4.90 Å². The number of hydrogen-bond acceptors (Lipinski definition) is 5. The van der Waals surface area contributed by atoms with Crippen molar-refractivity contribution in [1.29, 1.82) is 0 Å². The van der Waals surface area contributed by atoms with Crippen LogP contribution in [0.2, 0.25) is 0 Å². The van der Waals surface area contributed by atoms with Crippen LogP contribution in [0.15, 0.2) is 30.3 Å². The SMILES string of the molecule is COC(=O)N(Cc1cc(C(F)(F)F)cc(C(F)(F)F)c1)[C@@H]1C[C@H](C2CC2)N(C(=O)OC(C)C)c2cc(OC)c(C(F)(F)F)cc21. The molecule has 0 unspecified atom stereocenters. The van der Waals surface area contributed by atoms with E-state index in [2.05, 4.69) is 0 Å². The molecule has 0 bridgehead atoms. The van der Waals surface area contributed by atoms with Gasteiger partial charge >= 0.3 is 30.7 Å². The topological polar surface area (TPSA) is 68.3 Å². The Kier molecular flexibility index (Phi) is 9.19. The van der Waals surface area contributed by atoms with Gasteiger partial charge in [0.15, 0.2) is 0 Å². The van der Waals surface area contributed by atoms with Crippen LogP contribution in [0.1, 0.15) is 67.0 Å². The van der Waals surface area contributed by atoms with Crippen molar-refractivity contribution in [2.45, 2.75) is 76.4 Å². The van der Waals surface area contributed by atoms with Gasteiger partial charge in [-0.3, -0.25) is 9.80 Å².